The summed E-state index contributed by atoms with van der Waals surface area (Å²) >= 11 is 0. The number of hydrogen-bond acceptors (Lipinski definition) is 6. The number of morpholine rings is 1. The number of likely N-dealkylation sites (tertiary alicyclic amines) is 1. The lowest BCUT2D eigenvalue weighted by atomic mass is 10.2. The van der Waals surface area contributed by atoms with E-state index in [1.54, 1.807) is 0 Å². The first kappa shape index (κ1) is 18.1. The Balaban J connectivity index is 1.43. The Labute approximate surface area is 159 Å². The lowest BCUT2D eigenvalue weighted by molar-refractivity contribution is -0.136. The number of hydrogen-bond donors (Lipinski definition) is 0. The van der Waals surface area contributed by atoms with Gasteiger partial charge in [0, 0.05) is 37.8 Å². The van der Waals surface area contributed by atoms with Gasteiger partial charge in [0.1, 0.15) is 6.04 Å². The maximum Gasteiger partial charge on any atom is 0.249 e. The number of carbonyl (C=O) groups is 1. The summed E-state index contributed by atoms with van der Waals surface area (Å²) in [6.45, 7) is 7.02. The third-order valence-corrected chi connectivity index (χ3v) is 5.40. The number of carbonyl (C=O) groups excluding carboxylic acids is 1. The minimum atomic E-state index is -0.458. The normalized spacial score (nSPS) is 22.1. The Morgan fingerprint density at radius 1 is 1.22 bits per heavy atom. The van der Waals surface area contributed by atoms with Gasteiger partial charge in [0.25, 0.3) is 0 Å². The van der Waals surface area contributed by atoms with Gasteiger partial charge in [-0.1, -0.05) is 30.3 Å². The van der Waals surface area contributed by atoms with Gasteiger partial charge in [-0.25, -0.2) is 0 Å². The Morgan fingerprint density at radius 2 is 2.00 bits per heavy atom. The molecule has 1 amide bonds. The van der Waals surface area contributed by atoms with Gasteiger partial charge in [0.05, 0.1) is 13.2 Å². The van der Waals surface area contributed by atoms with Crippen LogP contribution in [0.3, 0.4) is 0 Å². The molecule has 0 N–H and O–H groups in total. The van der Waals surface area contributed by atoms with Crippen LogP contribution in [0.2, 0.25) is 0 Å². The highest BCUT2D eigenvalue weighted by Crippen LogP contribution is 2.23. The van der Waals surface area contributed by atoms with Gasteiger partial charge >= 0.3 is 0 Å². The van der Waals surface area contributed by atoms with Crippen molar-refractivity contribution >= 4 is 5.91 Å². The summed E-state index contributed by atoms with van der Waals surface area (Å²) in [5.41, 5.74) is 0.898. The van der Waals surface area contributed by atoms with E-state index < -0.39 is 6.04 Å². The molecule has 3 heterocycles. The Bertz CT molecular complexity index is 759. The highest BCUT2D eigenvalue weighted by atomic mass is 16.5. The number of nitrogens with zero attached hydrogens (tertiary/aromatic N) is 6. The van der Waals surface area contributed by atoms with Crippen molar-refractivity contribution in [3.8, 4) is 11.4 Å². The monoisotopic (exact) mass is 370 g/mol. The average Bonchev–Trinajstić information content (AvgIpc) is 3.38. The van der Waals surface area contributed by atoms with Gasteiger partial charge in [-0.3, -0.25) is 9.69 Å². The molecule has 1 aromatic heterocycles. The van der Waals surface area contributed by atoms with Gasteiger partial charge < -0.3 is 9.64 Å². The molecule has 8 heteroatoms. The summed E-state index contributed by atoms with van der Waals surface area (Å²) in [7, 11) is 0. The van der Waals surface area contributed by atoms with E-state index >= 15 is 0 Å². The molecule has 2 saturated heterocycles. The number of amides is 1. The third-order valence-electron chi connectivity index (χ3n) is 5.40. The molecule has 144 valence electrons. The van der Waals surface area contributed by atoms with Crippen LogP contribution in [0.5, 0.6) is 0 Å². The Kier molecular flexibility index (Phi) is 5.45. The van der Waals surface area contributed by atoms with Gasteiger partial charge in [0.2, 0.25) is 11.7 Å². The minimum absolute atomic E-state index is 0.0720. The zero-order chi connectivity index (χ0) is 18.6. The summed E-state index contributed by atoms with van der Waals surface area (Å²) in [5.74, 6) is 0.615. The van der Waals surface area contributed by atoms with Crippen LogP contribution in [0, 0.1) is 0 Å². The highest BCUT2D eigenvalue weighted by Gasteiger charge is 2.34. The molecule has 0 spiro atoms. The van der Waals surface area contributed by atoms with Crippen molar-refractivity contribution in [1.29, 1.82) is 0 Å². The van der Waals surface area contributed by atoms with E-state index in [0.29, 0.717) is 5.82 Å². The molecular weight excluding hydrogens is 344 g/mol. The molecule has 27 heavy (non-hydrogen) atoms. The molecule has 1 aromatic carbocycles. The van der Waals surface area contributed by atoms with Crippen molar-refractivity contribution in [2.45, 2.75) is 31.8 Å². The van der Waals surface area contributed by atoms with E-state index in [1.165, 1.54) is 4.80 Å². The lowest BCUT2D eigenvalue weighted by Gasteiger charge is -2.33. The molecule has 4 rings (SSSR count). The van der Waals surface area contributed by atoms with E-state index in [4.69, 9.17) is 4.74 Å². The maximum atomic E-state index is 13.1. The highest BCUT2D eigenvalue weighted by molar-refractivity contribution is 5.80. The van der Waals surface area contributed by atoms with Crippen LogP contribution < -0.4 is 0 Å². The van der Waals surface area contributed by atoms with E-state index in [-0.39, 0.29) is 11.9 Å². The molecule has 2 atom stereocenters. The first-order valence-corrected chi connectivity index (χ1v) is 9.68. The zero-order valence-electron chi connectivity index (χ0n) is 15.7. The molecule has 0 radical (unpaired) electrons. The van der Waals surface area contributed by atoms with Crippen LogP contribution in [0.4, 0.5) is 0 Å². The standard InChI is InChI=1S/C19H26N6O2/c1-15(25-21-18(20-22-25)16-6-3-2-4-7-16)19(26)24-9-5-8-17(24)14-23-10-12-27-13-11-23/h2-4,6-7,15,17H,5,8-14H2,1H3/t15?,17-/m0/s1. The number of tetrazole rings is 1. The second-order valence-corrected chi connectivity index (χ2v) is 7.22. The van der Waals surface area contributed by atoms with Crippen molar-refractivity contribution in [1.82, 2.24) is 30.0 Å². The molecule has 2 aliphatic heterocycles. The van der Waals surface area contributed by atoms with Crippen molar-refractivity contribution in [2.24, 2.45) is 0 Å². The molecule has 0 bridgehead atoms. The number of aromatic nitrogens is 4. The molecule has 2 fully saturated rings. The predicted molar refractivity (Wildman–Crippen MR) is 100.0 cm³/mol. The predicted octanol–water partition coefficient (Wildman–Crippen LogP) is 1.22. The van der Waals surface area contributed by atoms with Crippen molar-refractivity contribution in [2.75, 3.05) is 39.4 Å². The van der Waals surface area contributed by atoms with Crippen molar-refractivity contribution in [3.63, 3.8) is 0 Å². The smallest absolute Gasteiger partial charge is 0.249 e. The molecule has 2 aromatic rings. The second-order valence-electron chi connectivity index (χ2n) is 7.22. The number of rotatable bonds is 5. The molecule has 1 unspecified atom stereocenters. The summed E-state index contributed by atoms with van der Waals surface area (Å²) in [5, 5.41) is 12.7. The largest absolute Gasteiger partial charge is 0.379 e. The summed E-state index contributed by atoms with van der Waals surface area (Å²) < 4.78 is 5.42. The van der Waals surface area contributed by atoms with Crippen molar-refractivity contribution < 1.29 is 9.53 Å². The van der Waals surface area contributed by atoms with E-state index in [1.807, 2.05) is 42.2 Å². The summed E-state index contributed by atoms with van der Waals surface area (Å²) in [6, 6.07) is 9.49. The van der Waals surface area contributed by atoms with Crippen molar-refractivity contribution in [3.05, 3.63) is 30.3 Å². The number of benzene rings is 1. The fourth-order valence-electron chi connectivity index (χ4n) is 3.83. The van der Waals surface area contributed by atoms with Crippen LogP contribution in [-0.2, 0) is 9.53 Å². The van der Waals surface area contributed by atoms with Crippen LogP contribution in [0.1, 0.15) is 25.8 Å². The van der Waals surface area contributed by atoms with Crippen LogP contribution >= 0.6 is 0 Å². The Morgan fingerprint density at radius 3 is 2.78 bits per heavy atom. The zero-order valence-corrected chi connectivity index (χ0v) is 15.7. The molecule has 2 aliphatic rings. The summed E-state index contributed by atoms with van der Waals surface area (Å²) in [4.78, 5) is 18.9. The lowest BCUT2D eigenvalue weighted by Crippen LogP contribution is -2.48. The third kappa shape index (κ3) is 4.01. The Hall–Kier alpha value is -2.32. The first-order chi connectivity index (χ1) is 13.2. The van der Waals surface area contributed by atoms with E-state index in [9.17, 15) is 4.79 Å². The number of ether oxygens (including phenoxy) is 1. The fraction of sp³-hybridized carbons (Fsp3) is 0.579. The van der Waals surface area contributed by atoms with Crippen LogP contribution in [0.25, 0.3) is 11.4 Å². The molecule has 8 nitrogen and oxygen atoms in total. The minimum Gasteiger partial charge on any atom is -0.379 e. The second kappa shape index (κ2) is 8.14. The average molecular weight is 370 g/mol. The molecule has 0 aliphatic carbocycles. The van der Waals surface area contributed by atoms with Gasteiger partial charge in [-0.2, -0.15) is 4.80 Å². The van der Waals surface area contributed by atoms with Gasteiger partial charge in [-0.15, -0.1) is 10.2 Å². The van der Waals surface area contributed by atoms with Gasteiger partial charge in [0.15, 0.2) is 0 Å². The topological polar surface area (TPSA) is 76.4 Å². The SMILES string of the molecule is CC(C(=O)N1CCC[C@H]1CN1CCOCC1)n1nnc(-c2ccccc2)n1. The van der Waals surface area contributed by atoms with E-state index in [2.05, 4.69) is 20.3 Å². The fourth-order valence-corrected chi connectivity index (χ4v) is 3.83. The van der Waals surface area contributed by atoms with E-state index in [0.717, 1.165) is 57.8 Å². The maximum absolute atomic E-state index is 13.1. The summed E-state index contributed by atoms with van der Waals surface area (Å²) in [6.07, 6.45) is 2.10. The molecule has 0 saturated carbocycles. The first-order valence-electron chi connectivity index (χ1n) is 9.68. The van der Waals surface area contributed by atoms with Crippen LogP contribution in [0.15, 0.2) is 30.3 Å². The van der Waals surface area contributed by atoms with Crippen LogP contribution in [-0.4, -0.2) is 81.3 Å². The quantitative estimate of drug-likeness (QED) is 0.788. The molecular formula is C19H26N6O2. The van der Waals surface area contributed by atoms with Gasteiger partial charge in [-0.05, 0) is 25.0 Å².